The number of rotatable bonds is 14. The van der Waals surface area contributed by atoms with Crippen LogP contribution in [0.4, 0.5) is 10.1 Å². The number of anilines is 1. The van der Waals surface area contributed by atoms with Crippen LogP contribution < -0.4 is 20.3 Å². The molecular weight excluding hydrogens is 573 g/mol. The molecule has 0 unspecified atom stereocenters. The smallest absolute Gasteiger partial charge is 0.252 e. The number of thioether (sulfide) groups is 1. The van der Waals surface area contributed by atoms with E-state index in [1.165, 1.54) is 43.7 Å². The number of ether oxygens (including phenoxy) is 1. The second kappa shape index (κ2) is 16.0. The van der Waals surface area contributed by atoms with Gasteiger partial charge in [0, 0.05) is 35.8 Å². The molecule has 0 aromatic heterocycles. The van der Waals surface area contributed by atoms with Gasteiger partial charge in [0.05, 0.1) is 13.2 Å². The summed E-state index contributed by atoms with van der Waals surface area (Å²) in [5, 5.41) is 6.38. The summed E-state index contributed by atoms with van der Waals surface area (Å²) in [6.07, 6.45) is 8.42. The first-order valence-corrected chi connectivity index (χ1v) is 17.0. The normalized spacial score (nSPS) is 16.2. The van der Waals surface area contributed by atoms with Crippen molar-refractivity contribution in [3.8, 4) is 5.75 Å². The van der Waals surface area contributed by atoms with Gasteiger partial charge in [0.2, 0.25) is 5.91 Å². The minimum absolute atomic E-state index is 0.152. The Morgan fingerprint density at radius 2 is 1.82 bits per heavy atom. The van der Waals surface area contributed by atoms with E-state index in [1.807, 2.05) is 24.3 Å². The number of fused-ring (bicyclic) bond motifs is 1. The van der Waals surface area contributed by atoms with Gasteiger partial charge >= 0.3 is 0 Å². The summed E-state index contributed by atoms with van der Waals surface area (Å²) < 4.78 is 19.2. The molecule has 1 heterocycles. The lowest BCUT2D eigenvalue weighted by Gasteiger charge is -2.29. The van der Waals surface area contributed by atoms with Gasteiger partial charge in [0.1, 0.15) is 17.6 Å². The molecule has 8 heteroatoms. The van der Waals surface area contributed by atoms with Gasteiger partial charge < -0.3 is 20.3 Å². The highest BCUT2D eigenvalue weighted by atomic mass is 32.2. The number of nitrogens with one attached hydrogen (secondary N) is 2. The molecule has 1 aliphatic carbocycles. The van der Waals surface area contributed by atoms with Gasteiger partial charge in [-0.05, 0) is 72.7 Å². The van der Waals surface area contributed by atoms with Crippen LogP contribution in [-0.2, 0) is 17.0 Å². The third-order valence-corrected chi connectivity index (χ3v) is 9.97. The Morgan fingerprint density at radius 3 is 2.61 bits per heavy atom. The van der Waals surface area contributed by atoms with E-state index in [1.54, 1.807) is 49.2 Å². The van der Waals surface area contributed by atoms with Crippen LogP contribution in [0.5, 0.6) is 5.75 Å². The maximum Gasteiger partial charge on any atom is 0.252 e. The van der Waals surface area contributed by atoms with Crippen molar-refractivity contribution in [3.63, 3.8) is 0 Å². The van der Waals surface area contributed by atoms with E-state index in [-0.39, 0.29) is 23.7 Å². The van der Waals surface area contributed by atoms with Crippen LogP contribution in [0.15, 0.2) is 72.8 Å². The van der Waals surface area contributed by atoms with Gasteiger partial charge in [-0.2, -0.15) is 11.8 Å². The van der Waals surface area contributed by atoms with Crippen LogP contribution >= 0.6 is 11.8 Å². The molecule has 1 aliphatic heterocycles. The maximum absolute atomic E-state index is 14.0. The molecule has 1 saturated carbocycles. The molecular formula is C36H44FN3O3S. The number of amides is 2. The standard InChI is InChI=1S/C36H44FN3O3S/c1-43-32-14-8-13-29(22-32)35(41)39-33(17-15-26-9-4-2-5-10-26)36(42)38-31(25-44-24-27-11-6-3-7-12-27)23-40-20-19-28-21-30(37)16-18-34(28)40/h3,6-8,11-14,16,18,21-22,26,31,33H,2,4-5,9-10,15,17,19-20,23-25H2,1H3,(H,38,42)(H,39,41)/t31-,33-/m1/s1. The van der Waals surface area contributed by atoms with Crippen molar-refractivity contribution in [2.24, 2.45) is 5.92 Å². The molecule has 5 rings (SSSR count). The van der Waals surface area contributed by atoms with Gasteiger partial charge in [-0.15, -0.1) is 0 Å². The lowest BCUT2D eigenvalue weighted by atomic mass is 9.85. The van der Waals surface area contributed by atoms with Crippen LogP contribution in [-0.4, -0.2) is 49.9 Å². The van der Waals surface area contributed by atoms with E-state index in [9.17, 15) is 14.0 Å². The Labute approximate surface area is 265 Å². The second-order valence-corrected chi connectivity index (χ2v) is 13.0. The van der Waals surface area contributed by atoms with E-state index in [4.69, 9.17) is 4.74 Å². The number of nitrogens with zero attached hydrogens (tertiary/aromatic N) is 1. The van der Waals surface area contributed by atoms with E-state index in [2.05, 4.69) is 27.7 Å². The molecule has 1 fully saturated rings. The second-order valence-electron chi connectivity index (χ2n) is 12.0. The molecule has 0 saturated heterocycles. The molecule has 3 aromatic rings. The number of benzene rings is 3. The topological polar surface area (TPSA) is 70.7 Å². The molecule has 2 amide bonds. The molecule has 44 heavy (non-hydrogen) atoms. The first kappa shape index (κ1) is 31.9. The van der Waals surface area contributed by atoms with Crippen molar-refractivity contribution < 1.29 is 18.7 Å². The summed E-state index contributed by atoms with van der Waals surface area (Å²) in [5.74, 6) is 2.09. The highest BCUT2D eigenvalue weighted by molar-refractivity contribution is 7.98. The molecule has 0 radical (unpaired) electrons. The quantitative estimate of drug-likeness (QED) is 0.209. The minimum Gasteiger partial charge on any atom is -0.497 e. The minimum atomic E-state index is -0.641. The largest absolute Gasteiger partial charge is 0.497 e. The fraction of sp³-hybridized carbons (Fsp3) is 0.444. The average Bonchev–Trinajstić information content (AvgIpc) is 3.45. The highest BCUT2D eigenvalue weighted by Crippen LogP contribution is 2.30. The Hall–Kier alpha value is -3.52. The Kier molecular flexibility index (Phi) is 11.6. The first-order chi connectivity index (χ1) is 21.5. The van der Waals surface area contributed by atoms with Crippen LogP contribution in [0.2, 0.25) is 0 Å². The number of methoxy groups -OCH3 is 1. The molecule has 2 N–H and O–H groups in total. The number of hydrogen-bond acceptors (Lipinski definition) is 5. The summed E-state index contributed by atoms with van der Waals surface area (Å²) in [4.78, 5) is 29.6. The summed E-state index contributed by atoms with van der Waals surface area (Å²) in [5.41, 5.74) is 3.73. The van der Waals surface area contributed by atoms with Gasteiger partial charge in [0.15, 0.2) is 0 Å². The zero-order chi connectivity index (χ0) is 30.7. The summed E-state index contributed by atoms with van der Waals surface area (Å²) in [7, 11) is 1.57. The van der Waals surface area contributed by atoms with Crippen molar-refractivity contribution in [3.05, 3.63) is 95.3 Å². The van der Waals surface area contributed by atoms with Gasteiger partial charge in [-0.25, -0.2) is 4.39 Å². The molecule has 2 atom stereocenters. The number of carbonyl (C=O) groups is 2. The number of halogens is 1. The third kappa shape index (κ3) is 9.00. The van der Waals surface area contributed by atoms with Gasteiger partial charge in [-0.3, -0.25) is 9.59 Å². The zero-order valence-electron chi connectivity index (χ0n) is 25.6. The van der Waals surface area contributed by atoms with E-state index in [0.717, 1.165) is 36.4 Å². The number of carbonyl (C=O) groups excluding carboxylic acids is 2. The molecule has 0 bridgehead atoms. The lowest BCUT2D eigenvalue weighted by molar-refractivity contribution is -0.123. The summed E-state index contributed by atoms with van der Waals surface area (Å²) in [6, 6.07) is 21.5. The predicted octanol–water partition coefficient (Wildman–Crippen LogP) is 6.77. The van der Waals surface area contributed by atoms with Gasteiger partial charge in [-0.1, -0.05) is 68.5 Å². The highest BCUT2D eigenvalue weighted by Gasteiger charge is 2.28. The van der Waals surface area contributed by atoms with Crippen molar-refractivity contribution in [2.45, 2.75) is 69.2 Å². The van der Waals surface area contributed by atoms with E-state index in [0.29, 0.717) is 35.9 Å². The van der Waals surface area contributed by atoms with Gasteiger partial charge in [0.25, 0.3) is 5.91 Å². The fourth-order valence-corrected chi connectivity index (χ4v) is 7.40. The zero-order valence-corrected chi connectivity index (χ0v) is 26.4. The lowest BCUT2D eigenvalue weighted by Crippen LogP contribution is -2.53. The predicted molar refractivity (Wildman–Crippen MR) is 177 cm³/mol. The maximum atomic E-state index is 14.0. The van der Waals surface area contributed by atoms with Crippen molar-refractivity contribution in [1.82, 2.24) is 10.6 Å². The summed E-state index contributed by atoms with van der Waals surface area (Å²) in [6.45, 7) is 1.40. The molecule has 234 valence electrons. The first-order valence-electron chi connectivity index (χ1n) is 15.9. The van der Waals surface area contributed by atoms with E-state index >= 15 is 0 Å². The van der Waals surface area contributed by atoms with Crippen molar-refractivity contribution in [2.75, 3.05) is 30.9 Å². The molecule has 3 aromatic carbocycles. The van der Waals surface area contributed by atoms with Crippen LogP contribution in [0.1, 0.15) is 66.4 Å². The number of hydrogen-bond donors (Lipinski definition) is 2. The average molecular weight is 618 g/mol. The van der Waals surface area contributed by atoms with Crippen LogP contribution in [0.25, 0.3) is 0 Å². The molecule has 6 nitrogen and oxygen atoms in total. The van der Waals surface area contributed by atoms with E-state index < -0.39 is 6.04 Å². The Bertz CT molecular complexity index is 1380. The molecule has 2 aliphatic rings. The van der Waals surface area contributed by atoms with Crippen LogP contribution in [0.3, 0.4) is 0 Å². The Balaban J connectivity index is 1.30. The third-order valence-electron chi connectivity index (χ3n) is 8.79. The van der Waals surface area contributed by atoms with Crippen molar-refractivity contribution >= 4 is 29.3 Å². The fourth-order valence-electron chi connectivity index (χ4n) is 6.38. The Morgan fingerprint density at radius 1 is 1.00 bits per heavy atom. The molecule has 0 spiro atoms. The van der Waals surface area contributed by atoms with Crippen LogP contribution in [0, 0.1) is 11.7 Å². The van der Waals surface area contributed by atoms with Crippen molar-refractivity contribution in [1.29, 1.82) is 0 Å². The SMILES string of the molecule is COc1cccc(C(=O)N[C@H](CCC2CCCCC2)C(=O)N[C@@H](CSCc2ccccc2)CN2CCc3cc(F)ccc32)c1. The summed E-state index contributed by atoms with van der Waals surface area (Å²) >= 11 is 1.78. The monoisotopic (exact) mass is 617 g/mol.